The SMILES string of the molecule is CCC(CC)(CNC(=NC)NCc1cccc(S(=O)(=O)NC)c1)c1ccccc1. The molecule has 6 nitrogen and oxygen atoms in total. The topological polar surface area (TPSA) is 82.6 Å². The maximum atomic E-state index is 12.0. The average Bonchev–Trinajstić information content (AvgIpc) is 2.77. The summed E-state index contributed by atoms with van der Waals surface area (Å²) in [6, 6.07) is 17.4. The molecule has 0 saturated carbocycles. The van der Waals surface area contributed by atoms with Gasteiger partial charge in [0.15, 0.2) is 5.96 Å². The number of hydrogen-bond acceptors (Lipinski definition) is 3. The molecule has 0 amide bonds. The third kappa shape index (κ3) is 5.81. The van der Waals surface area contributed by atoms with Crippen LogP contribution in [0.15, 0.2) is 64.5 Å². The van der Waals surface area contributed by atoms with E-state index >= 15 is 0 Å². The molecule has 0 radical (unpaired) electrons. The van der Waals surface area contributed by atoms with Crippen molar-refractivity contribution >= 4 is 16.0 Å². The lowest BCUT2D eigenvalue weighted by molar-refractivity contribution is 0.389. The third-order valence-corrected chi connectivity index (χ3v) is 6.91. The summed E-state index contributed by atoms with van der Waals surface area (Å²) in [7, 11) is -0.311. The predicted octanol–water partition coefficient (Wildman–Crippen LogP) is 3.02. The Morgan fingerprint density at radius 3 is 2.28 bits per heavy atom. The molecule has 0 fully saturated rings. The number of nitrogens with zero attached hydrogens (tertiary/aromatic N) is 1. The highest BCUT2D eigenvalue weighted by Crippen LogP contribution is 2.30. The number of benzene rings is 2. The molecule has 158 valence electrons. The minimum absolute atomic E-state index is 0.0275. The second-order valence-electron chi connectivity index (χ2n) is 6.99. The van der Waals surface area contributed by atoms with E-state index in [1.54, 1.807) is 25.2 Å². The van der Waals surface area contributed by atoms with Crippen LogP contribution in [0.25, 0.3) is 0 Å². The van der Waals surface area contributed by atoms with Gasteiger partial charge in [-0.15, -0.1) is 0 Å². The Morgan fingerprint density at radius 2 is 1.69 bits per heavy atom. The van der Waals surface area contributed by atoms with Crippen LogP contribution in [0, 0.1) is 0 Å². The molecule has 0 aliphatic carbocycles. The normalized spacial score (nSPS) is 12.6. The van der Waals surface area contributed by atoms with Crippen LogP contribution in [0.1, 0.15) is 37.8 Å². The quantitative estimate of drug-likeness (QED) is 0.433. The molecule has 2 aromatic carbocycles. The van der Waals surface area contributed by atoms with Gasteiger partial charge in [-0.1, -0.05) is 56.3 Å². The van der Waals surface area contributed by atoms with Crippen LogP contribution in [0.5, 0.6) is 0 Å². The third-order valence-electron chi connectivity index (χ3n) is 5.49. The Hall–Kier alpha value is -2.38. The van der Waals surface area contributed by atoms with E-state index in [9.17, 15) is 8.42 Å². The summed E-state index contributed by atoms with van der Waals surface area (Å²) in [4.78, 5) is 4.57. The van der Waals surface area contributed by atoms with Gasteiger partial charge < -0.3 is 10.6 Å². The van der Waals surface area contributed by atoms with Crippen molar-refractivity contribution in [1.82, 2.24) is 15.4 Å². The molecule has 2 rings (SSSR count). The zero-order valence-corrected chi connectivity index (χ0v) is 18.5. The van der Waals surface area contributed by atoms with Crippen molar-refractivity contribution in [2.45, 2.75) is 43.5 Å². The van der Waals surface area contributed by atoms with Crippen molar-refractivity contribution in [3.05, 3.63) is 65.7 Å². The minimum atomic E-state index is -3.46. The number of sulfonamides is 1. The zero-order chi connectivity index (χ0) is 21.3. The Labute approximate surface area is 174 Å². The van der Waals surface area contributed by atoms with Crippen molar-refractivity contribution < 1.29 is 8.42 Å². The van der Waals surface area contributed by atoms with Crippen LogP contribution >= 0.6 is 0 Å². The number of hydrogen-bond donors (Lipinski definition) is 3. The van der Waals surface area contributed by atoms with Gasteiger partial charge in [-0.25, -0.2) is 13.1 Å². The van der Waals surface area contributed by atoms with Crippen molar-refractivity contribution in [3.8, 4) is 0 Å². The first kappa shape index (κ1) is 22.9. The molecule has 0 unspecified atom stereocenters. The highest BCUT2D eigenvalue weighted by molar-refractivity contribution is 7.89. The smallest absolute Gasteiger partial charge is 0.240 e. The summed E-state index contributed by atoms with van der Waals surface area (Å²) >= 11 is 0. The highest BCUT2D eigenvalue weighted by Gasteiger charge is 2.28. The summed E-state index contributed by atoms with van der Waals surface area (Å²) in [5.41, 5.74) is 2.21. The summed E-state index contributed by atoms with van der Waals surface area (Å²) in [6.45, 7) is 5.66. The number of aliphatic imine (C=N–C) groups is 1. The molecule has 29 heavy (non-hydrogen) atoms. The number of rotatable bonds is 9. The van der Waals surface area contributed by atoms with Crippen LogP contribution in [-0.2, 0) is 22.0 Å². The summed E-state index contributed by atoms with van der Waals surface area (Å²) in [6.07, 6.45) is 2.03. The molecular formula is C22H32N4O2S. The second kappa shape index (κ2) is 10.4. The van der Waals surface area contributed by atoms with Gasteiger partial charge in [-0.05, 0) is 43.1 Å². The molecule has 7 heteroatoms. The lowest BCUT2D eigenvalue weighted by Gasteiger charge is -2.33. The number of nitrogens with one attached hydrogen (secondary N) is 3. The molecule has 0 heterocycles. The van der Waals surface area contributed by atoms with Gasteiger partial charge in [-0.3, -0.25) is 4.99 Å². The van der Waals surface area contributed by atoms with Crippen molar-refractivity contribution in [2.24, 2.45) is 4.99 Å². The van der Waals surface area contributed by atoms with Crippen LogP contribution < -0.4 is 15.4 Å². The van der Waals surface area contributed by atoms with Crippen molar-refractivity contribution in [2.75, 3.05) is 20.6 Å². The van der Waals surface area contributed by atoms with Crippen LogP contribution in [0.3, 0.4) is 0 Å². The van der Waals surface area contributed by atoms with Crippen molar-refractivity contribution in [3.63, 3.8) is 0 Å². The number of guanidine groups is 1. The van der Waals surface area contributed by atoms with Crippen LogP contribution in [0.2, 0.25) is 0 Å². The van der Waals surface area contributed by atoms with Gasteiger partial charge in [0.2, 0.25) is 10.0 Å². The highest BCUT2D eigenvalue weighted by atomic mass is 32.2. The summed E-state index contributed by atoms with van der Waals surface area (Å²) in [5.74, 6) is 0.689. The first-order valence-electron chi connectivity index (χ1n) is 9.93. The molecule has 0 aliphatic rings. The van der Waals surface area contributed by atoms with Gasteiger partial charge in [0.1, 0.15) is 0 Å². The molecule has 0 spiro atoms. The molecule has 0 aromatic heterocycles. The van der Waals surface area contributed by atoms with E-state index in [4.69, 9.17) is 0 Å². The maximum absolute atomic E-state index is 12.0. The van der Waals surface area contributed by atoms with E-state index in [1.165, 1.54) is 12.6 Å². The van der Waals surface area contributed by atoms with Gasteiger partial charge in [0, 0.05) is 25.6 Å². The van der Waals surface area contributed by atoms with Gasteiger partial charge in [0.25, 0.3) is 0 Å². The molecule has 0 aliphatic heterocycles. The monoisotopic (exact) mass is 416 g/mol. The van der Waals surface area contributed by atoms with E-state index in [-0.39, 0.29) is 10.3 Å². The predicted molar refractivity (Wildman–Crippen MR) is 120 cm³/mol. The van der Waals surface area contributed by atoms with E-state index in [0.717, 1.165) is 24.9 Å². The fraction of sp³-hybridized carbons (Fsp3) is 0.409. The first-order chi connectivity index (χ1) is 13.9. The molecule has 0 atom stereocenters. The average molecular weight is 417 g/mol. The molecular weight excluding hydrogens is 384 g/mol. The summed E-state index contributed by atoms with van der Waals surface area (Å²) < 4.78 is 26.3. The van der Waals surface area contributed by atoms with E-state index in [1.807, 2.05) is 12.1 Å². The molecule has 0 saturated heterocycles. The van der Waals surface area contributed by atoms with E-state index in [0.29, 0.717) is 12.5 Å². The van der Waals surface area contributed by atoms with Crippen LogP contribution in [0.4, 0.5) is 0 Å². The lowest BCUT2D eigenvalue weighted by Crippen LogP contribution is -2.45. The standard InChI is InChI=1S/C22H32N4O2S/c1-5-22(6-2,19-12-8-7-9-13-19)17-26-21(23-3)25-16-18-11-10-14-20(15-18)29(27,28)24-4/h7-15,24H,5-6,16-17H2,1-4H3,(H2,23,25,26). The fourth-order valence-electron chi connectivity index (χ4n) is 3.40. The molecule has 0 bridgehead atoms. The minimum Gasteiger partial charge on any atom is -0.356 e. The molecule has 2 aromatic rings. The zero-order valence-electron chi connectivity index (χ0n) is 17.7. The maximum Gasteiger partial charge on any atom is 0.240 e. The van der Waals surface area contributed by atoms with Gasteiger partial charge >= 0.3 is 0 Å². The Kier molecular flexibility index (Phi) is 8.22. The summed E-state index contributed by atoms with van der Waals surface area (Å²) in [5, 5.41) is 6.72. The van der Waals surface area contributed by atoms with E-state index < -0.39 is 10.0 Å². The Balaban J connectivity index is 2.05. The largest absolute Gasteiger partial charge is 0.356 e. The molecule has 3 N–H and O–H groups in total. The van der Waals surface area contributed by atoms with Crippen molar-refractivity contribution in [1.29, 1.82) is 0 Å². The van der Waals surface area contributed by atoms with Gasteiger partial charge in [-0.2, -0.15) is 0 Å². The second-order valence-corrected chi connectivity index (χ2v) is 8.87. The fourth-order valence-corrected chi connectivity index (χ4v) is 4.20. The van der Waals surface area contributed by atoms with Gasteiger partial charge in [0.05, 0.1) is 4.90 Å². The Morgan fingerprint density at radius 1 is 1.00 bits per heavy atom. The lowest BCUT2D eigenvalue weighted by atomic mass is 9.76. The Bertz CT molecular complexity index is 907. The van der Waals surface area contributed by atoms with Crippen LogP contribution in [-0.4, -0.2) is 35.0 Å². The first-order valence-corrected chi connectivity index (χ1v) is 11.4. The van der Waals surface area contributed by atoms with E-state index in [2.05, 4.69) is 58.5 Å².